The van der Waals surface area contributed by atoms with Crippen molar-refractivity contribution in [2.75, 3.05) is 0 Å². The molecule has 0 saturated heterocycles. The van der Waals surface area contributed by atoms with Crippen LogP contribution in [0.3, 0.4) is 0 Å². The first-order valence-electron chi connectivity index (χ1n) is 6.99. The van der Waals surface area contributed by atoms with Crippen LogP contribution in [0, 0.1) is 13.8 Å². The second-order valence-corrected chi connectivity index (χ2v) is 5.78. The summed E-state index contributed by atoms with van der Waals surface area (Å²) in [6.45, 7) is 8.20. The van der Waals surface area contributed by atoms with Crippen LogP contribution in [0.1, 0.15) is 47.6 Å². The molecular formula is C18H22O2. The van der Waals surface area contributed by atoms with Crippen molar-refractivity contribution in [3.63, 3.8) is 0 Å². The van der Waals surface area contributed by atoms with Crippen LogP contribution in [0.5, 0.6) is 11.5 Å². The van der Waals surface area contributed by atoms with Gasteiger partial charge in [0.15, 0.2) is 0 Å². The summed E-state index contributed by atoms with van der Waals surface area (Å²) in [5, 5.41) is 19.5. The Morgan fingerprint density at radius 3 is 2.10 bits per heavy atom. The van der Waals surface area contributed by atoms with Crippen LogP contribution in [0.25, 0.3) is 0 Å². The molecule has 2 aromatic carbocycles. The molecule has 2 nitrogen and oxygen atoms in total. The van der Waals surface area contributed by atoms with Crippen LogP contribution in [-0.4, -0.2) is 10.2 Å². The van der Waals surface area contributed by atoms with E-state index in [1.165, 1.54) is 11.1 Å². The number of aromatic hydroxyl groups is 2. The highest BCUT2D eigenvalue weighted by atomic mass is 16.3. The predicted molar refractivity (Wildman–Crippen MR) is 82.6 cm³/mol. The molecule has 0 amide bonds. The first-order chi connectivity index (χ1) is 9.38. The minimum Gasteiger partial charge on any atom is -0.508 e. The van der Waals surface area contributed by atoms with E-state index in [9.17, 15) is 10.2 Å². The molecule has 0 atom stereocenters. The Morgan fingerprint density at radius 2 is 1.55 bits per heavy atom. The van der Waals surface area contributed by atoms with Crippen molar-refractivity contribution < 1.29 is 10.2 Å². The van der Waals surface area contributed by atoms with Gasteiger partial charge < -0.3 is 10.2 Å². The molecule has 0 unspecified atom stereocenters. The van der Waals surface area contributed by atoms with Gasteiger partial charge in [-0.05, 0) is 72.2 Å². The summed E-state index contributed by atoms with van der Waals surface area (Å²) in [4.78, 5) is 0. The van der Waals surface area contributed by atoms with Gasteiger partial charge in [0, 0.05) is 0 Å². The van der Waals surface area contributed by atoms with Crippen molar-refractivity contribution in [2.24, 2.45) is 0 Å². The maximum absolute atomic E-state index is 9.88. The number of phenols is 2. The molecule has 0 spiro atoms. The molecular weight excluding hydrogens is 248 g/mol. The standard InChI is InChI=1S/C18H22O2/c1-11(2)16-9-14(5-6-18(16)20)10-17-12(3)7-15(19)8-13(17)4/h5-9,11,19-20H,10H2,1-4H3. The lowest BCUT2D eigenvalue weighted by Crippen LogP contribution is -1.97. The molecule has 0 aliphatic heterocycles. The quantitative estimate of drug-likeness (QED) is 0.866. The van der Waals surface area contributed by atoms with Crippen LogP contribution in [0.4, 0.5) is 0 Å². The average molecular weight is 270 g/mol. The van der Waals surface area contributed by atoms with E-state index < -0.39 is 0 Å². The molecule has 106 valence electrons. The highest BCUT2D eigenvalue weighted by Crippen LogP contribution is 2.29. The fraction of sp³-hybridized carbons (Fsp3) is 0.333. The average Bonchev–Trinajstić information content (AvgIpc) is 2.35. The summed E-state index contributed by atoms with van der Waals surface area (Å²) >= 11 is 0. The van der Waals surface area contributed by atoms with E-state index in [2.05, 4.69) is 19.9 Å². The molecule has 2 N–H and O–H groups in total. The number of benzene rings is 2. The Kier molecular flexibility index (Phi) is 4.03. The molecule has 0 aromatic heterocycles. The molecule has 2 heteroatoms. The first-order valence-corrected chi connectivity index (χ1v) is 6.99. The van der Waals surface area contributed by atoms with Gasteiger partial charge in [0.25, 0.3) is 0 Å². The van der Waals surface area contributed by atoms with Gasteiger partial charge in [-0.25, -0.2) is 0 Å². The zero-order valence-electron chi connectivity index (χ0n) is 12.6. The molecule has 0 radical (unpaired) electrons. The number of hydrogen-bond acceptors (Lipinski definition) is 2. The Hall–Kier alpha value is -1.96. The highest BCUT2D eigenvalue weighted by Gasteiger charge is 2.10. The van der Waals surface area contributed by atoms with Crippen LogP contribution in [0.15, 0.2) is 30.3 Å². The Balaban J connectivity index is 2.38. The van der Waals surface area contributed by atoms with E-state index in [0.717, 1.165) is 23.1 Å². The Labute approximate surface area is 120 Å². The molecule has 0 aliphatic rings. The summed E-state index contributed by atoms with van der Waals surface area (Å²) in [6, 6.07) is 9.41. The highest BCUT2D eigenvalue weighted by molar-refractivity contribution is 5.45. The van der Waals surface area contributed by atoms with Gasteiger partial charge >= 0.3 is 0 Å². The molecule has 0 heterocycles. The third-order valence-corrected chi connectivity index (χ3v) is 3.78. The summed E-state index contributed by atoms with van der Waals surface area (Å²) < 4.78 is 0. The largest absolute Gasteiger partial charge is 0.508 e. The first kappa shape index (κ1) is 14.4. The van der Waals surface area contributed by atoms with Crippen molar-refractivity contribution >= 4 is 0 Å². The third kappa shape index (κ3) is 2.96. The van der Waals surface area contributed by atoms with E-state index >= 15 is 0 Å². The number of hydrogen-bond donors (Lipinski definition) is 2. The van der Waals surface area contributed by atoms with Crippen LogP contribution < -0.4 is 0 Å². The van der Waals surface area contributed by atoms with Crippen molar-refractivity contribution in [1.82, 2.24) is 0 Å². The predicted octanol–water partition coefficient (Wildman–Crippen LogP) is 4.43. The number of rotatable bonds is 3. The zero-order chi connectivity index (χ0) is 14.9. The van der Waals surface area contributed by atoms with Gasteiger partial charge in [-0.3, -0.25) is 0 Å². The van der Waals surface area contributed by atoms with Crippen molar-refractivity contribution in [3.05, 3.63) is 58.1 Å². The van der Waals surface area contributed by atoms with Gasteiger partial charge in [0.1, 0.15) is 11.5 Å². The lowest BCUT2D eigenvalue weighted by atomic mass is 9.93. The van der Waals surface area contributed by atoms with Gasteiger partial charge in [0.2, 0.25) is 0 Å². The van der Waals surface area contributed by atoms with E-state index in [1.54, 1.807) is 18.2 Å². The molecule has 0 bridgehead atoms. The summed E-state index contributed by atoms with van der Waals surface area (Å²) in [5.74, 6) is 0.984. The maximum atomic E-state index is 9.88. The van der Waals surface area contributed by atoms with Gasteiger partial charge in [-0.2, -0.15) is 0 Å². The second kappa shape index (κ2) is 5.58. The molecule has 0 fully saturated rings. The second-order valence-electron chi connectivity index (χ2n) is 5.78. The van der Waals surface area contributed by atoms with Crippen LogP contribution >= 0.6 is 0 Å². The number of aryl methyl sites for hydroxylation is 2. The Morgan fingerprint density at radius 1 is 0.950 bits per heavy atom. The summed E-state index contributed by atoms with van der Waals surface area (Å²) in [7, 11) is 0. The lowest BCUT2D eigenvalue weighted by molar-refractivity contribution is 0.464. The monoisotopic (exact) mass is 270 g/mol. The number of phenolic OH excluding ortho intramolecular Hbond substituents is 2. The molecule has 0 aliphatic carbocycles. The molecule has 2 rings (SSSR count). The minimum absolute atomic E-state index is 0.303. The maximum Gasteiger partial charge on any atom is 0.119 e. The van der Waals surface area contributed by atoms with Crippen LogP contribution in [-0.2, 0) is 6.42 Å². The summed E-state index contributed by atoms with van der Waals surface area (Å²) in [5.41, 5.74) is 5.60. The molecule has 0 saturated carbocycles. The van der Waals surface area contributed by atoms with E-state index in [4.69, 9.17) is 0 Å². The van der Waals surface area contributed by atoms with Gasteiger partial charge in [-0.1, -0.05) is 26.0 Å². The fourth-order valence-electron chi connectivity index (χ4n) is 2.63. The van der Waals surface area contributed by atoms with Gasteiger partial charge in [0.05, 0.1) is 0 Å². The van der Waals surface area contributed by atoms with Crippen molar-refractivity contribution in [3.8, 4) is 11.5 Å². The van der Waals surface area contributed by atoms with Crippen molar-refractivity contribution in [2.45, 2.75) is 40.0 Å². The third-order valence-electron chi connectivity index (χ3n) is 3.78. The Bertz CT molecular complexity index is 604. The normalized spacial score (nSPS) is 11.1. The zero-order valence-corrected chi connectivity index (χ0v) is 12.6. The SMILES string of the molecule is Cc1cc(O)cc(C)c1Cc1ccc(O)c(C(C)C)c1. The fourth-order valence-corrected chi connectivity index (χ4v) is 2.63. The van der Waals surface area contributed by atoms with Gasteiger partial charge in [-0.15, -0.1) is 0 Å². The minimum atomic E-state index is 0.303. The lowest BCUT2D eigenvalue weighted by Gasteiger charge is -2.14. The van der Waals surface area contributed by atoms with E-state index in [-0.39, 0.29) is 0 Å². The topological polar surface area (TPSA) is 40.5 Å². The molecule has 2 aromatic rings. The molecule has 20 heavy (non-hydrogen) atoms. The van der Waals surface area contributed by atoms with Crippen molar-refractivity contribution in [1.29, 1.82) is 0 Å². The van der Waals surface area contributed by atoms with E-state index in [1.807, 2.05) is 19.9 Å². The summed E-state index contributed by atoms with van der Waals surface area (Å²) in [6.07, 6.45) is 0.817. The van der Waals surface area contributed by atoms with Crippen LogP contribution in [0.2, 0.25) is 0 Å². The van der Waals surface area contributed by atoms with E-state index in [0.29, 0.717) is 17.4 Å². The smallest absolute Gasteiger partial charge is 0.119 e.